The normalized spacial score (nSPS) is 24.7. The van der Waals surface area contributed by atoms with E-state index in [0.717, 1.165) is 11.1 Å². The van der Waals surface area contributed by atoms with Crippen LogP contribution in [0.25, 0.3) is 0 Å². The summed E-state index contributed by atoms with van der Waals surface area (Å²) in [4.78, 5) is 29.0. The summed E-state index contributed by atoms with van der Waals surface area (Å²) in [6, 6.07) is 12.9. The van der Waals surface area contributed by atoms with E-state index in [2.05, 4.69) is 11.8 Å². The van der Waals surface area contributed by atoms with Gasteiger partial charge >= 0.3 is 0 Å². The van der Waals surface area contributed by atoms with E-state index in [4.69, 9.17) is 0 Å². The number of fused-ring (bicyclic) bond motifs is 1. The Morgan fingerprint density at radius 3 is 2.42 bits per heavy atom. The Kier molecular flexibility index (Phi) is 5.90. The van der Waals surface area contributed by atoms with Crippen molar-refractivity contribution in [3.63, 3.8) is 0 Å². The van der Waals surface area contributed by atoms with Crippen LogP contribution in [0.2, 0.25) is 0 Å². The lowest BCUT2D eigenvalue weighted by Gasteiger charge is -2.58. The average Bonchev–Trinajstić information content (AvgIpc) is 3.33. The van der Waals surface area contributed by atoms with E-state index in [0.29, 0.717) is 18.0 Å². The third-order valence-corrected chi connectivity index (χ3v) is 7.20. The number of aliphatic hydroxyl groups is 1. The molecule has 1 N–H and O–H groups in total. The van der Waals surface area contributed by atoms with Gasteiger partial charge in [0.25, 0.3) is 5.91 Å². The van der Waals surface area contributed by atoms with Gasteiger partial charge in [-0.15, -0.1) is 0 Å². The van der Waals surface area contributed by atoms with Gasteiger partial charge in [0, 0.05) is 29.5 Å². The molecule has 2 aromatic carbocycles. The molecule has 5 rings (SSSR count). The largest absolute Gasteiger partial charge is 0.394 e. The van der Waals surface area contributed by atoms with Gasteiger partial charge in [-0.3, -0.25) is 9.59 Å². The van der Waals surface area contributed by atoms with Crippen molar-refractivity contribution in [3.05, 3.63) is 71.0 Å². The maximum absolute atomic E-state index is 13.2. The van der Waals surface area contributed by atoms with Gasteiger partial charge in [-0.1, -0.05) is 36.8 Å². The fourth-order valence-corrected chi connectivity index (χ4v) is 5.47. The van der Waals surface area contributed by atoms with Crippen LogP contribution >= 0.6 is 0 Å². The van der Waals surface area contributed by atoms with Crippen molar-refractivity contribution >= 4 is 11.8 Å². The van der Waals surface area contributed by atoms with E-state index in [1.165, 1.54) is 54.8 Å². The number of rotatable bonds is 3. The first-order valence-corrected chi connectivity index (χ1v) is 11.6. The van der Waals surface area contributed by atoms with Crippen LogP contribution in [0.4, 0.5) is 4.39 Å². The number of piperazine rings is 1. The Hall–Kier alpha value is -3.17. The van der Waals surface area contributed by atoms with Crippen molar-refractivity contribution in [2.24, 2.45) is 5.92 Å². The number of halogens is 1. The maximum atomic E-state index is 13.2. The molecule has 0 radical (unpaired) electrons. The summed E-state index contributed by atoms with van der Waals surface area (Å²) in [5.74, 6) is 6.23. The smallest absolute Gasteiger partial charge is 0.254 e. The van der Waals surface area contributed by atoms with Gasteiger partial charge < -0.3 is 14.9 Å². The van der Waals surface area contributed by atoms with Gasteiger partial charge in [-0.05, 0) is 54.8 Å². The van der Waals surface area contributed by atoms with E-state index in [1.54, 1.807) is 4.90 Å². The molecule has 6 heteroatoms. The number of hydrogen-bond acceptors (Lipinski definition) is 3. The zero-order valence-electron chi connectivity index (χ0n) is 18.4. The highest BCUT2D eigenvalue weighted by atomic mass is 19.1. The first-order chi connectivity index (χ1) is 16.0. The van der Waals surface area contributed by atoms with Crippen molar-refractivity contribution in [2.75, 3.05) is 19.7 Å². The lowest BCUT2D eigenvalue weighted by atomic mass is 9.73. The van der Waals surface area contributed by atoms with Gasteiger partial charge in [0.1, 0.15) is 12.4 Å². The minimum absolute atomic E-state index is 0.0361. The Morgan fingerprint density at radius 2 is 1.76 bits per heavy atom. The predicted octanol–water partition coefficient (Wildman–Crippen LogP) is 3.18. The molecule has 3 aliphatic rings. The zero-order chi connectivity index (χ0) is 22.9. The molecule has 2 aromatic rings. The SMILES string of the molecule is O=C(c1ccc(F)cc1)N1CC(=O)N2[C@H](C1)[C@@H](c1ccc(C#CC3CCCC3)cc1)[C@@H]2CO. The second kappa shape index (κ2) is 8.99. The molecule has 2 amide bonds. The number of benzene rings is 2. The molecule has 0 bridgehead atoms. The fourth-order valence-electron chi connectivity index (χ4n) is 5.47. The van der Waals surface area contributed by atoms with Crippen molar-refractivity contribution in [1.82, 2.24) is 9.80 Å². The van der Waals surface area contributed by atoms with Gasteiger partial charge in [0.15, 0.2) is 0 Å². The van der Waals surface area contributed by atoms with E-state index < -0.39 is 5.82 Å². The summed E-state index contributed by atoms with van der Waals surface area (Å²) in [5, 5.41) is 9.98. The van der Waals surface area contributed by atoms with Gasteiger partial charge in [0.2, 0.25) is 5.91 Å². The van der Waals surface area contributed by atoms with Crippen LogP contribution in [0.3, 0.4) is 0 Å². The Labute approximate surface area is 193 Å². The molecule has 5 nitrogen and oxygen atoms in total. The highest BCUT2D eigenvalue weighted by Gasteiger charge is 2.54. The Bertz CT molecular complexity index is 1100. The first-order valence-electron chi connectivity index (χ1n) is 11.6. The van der Waals surface area contributed by atoms with Crippen molar-refractivity contribution in [2.45, 2.75) is 43.7 Å². The van der Waals surface area contributed by atoms with Crippen molar-refractivity contribution in [3.8, 4) is 11.8 Å². The average molecular weight is 447 g/mol. The van der Waals surface area contributed by atoms with Gasteiger partial charge in [-0.25, -0.2) is 4.39 Å². The van der Waals surface area contributed by atoms with Crippen molar-refractivity contribution in [1.29, 1.82) is 0 Å². The van der Waals surface area contributed by atoms with Crippen molar-refractivity contribution < 1.29 is 19.1 Å². The molecule has 2 aliphatic heterocycles. The zero-order valence-corrected chi connectivity index (χ0v) is 18.4. The lowest BCUT2D eigenvalue weighted by molar-refractivity contribution is -0.159. The number of carbonyl (C=O) groups is 2. The minimum atomic E-state index is -0.409. The fraction of sp³-hybridized carbons (Fsp3) is 0.407. The monoisotopic (exact) mass is 446 g/mol. The molecular formula is C27H27FN2O3. The highest BCUT2D eigenvalue weighted by molar-refractivity contribution is 5.97. The lowest BCUT2D eigenvalue weighted by Crippen LogP contribution is -2.73. The van der Waals surface area contributed by atoms with Crippen LogP contribution in [0.1, 0.15) is 53.1 Å². The highest BCUT2D eigenvalue weighted by Crippen LogP contribution is 2.43. The molecule has 1 aliphatic carbocycles. The molecule has 0 unspecified atom stereocenters. The topological polar surface area (TPSA) is 60.9 Å². The molecule has 170 valence electrons. The van der Waals surface area contributed by atoms with Crippen LogP contribution in [0, 0.1) is 23.6 Å². The van der Waals surface area contributed by atoms with E-state index in [1.807, 2.05) is 24.3 Å². The summed E-state index contributed by atoms with van der Waals surface area (Å²) in [7, 11) is 0. The summed E-state index contributed by atoms with van der Waals surface area (Å²) in [6.45, 7) is 0.222. The van der Waals surface area contributed by atoms with E-state index in [-0.39, 0.29) is 43.0 Å². The van der Waals surface area contributed by atoms with Crippen LogP contribution in [-0.2, 0) is 4.79 Å². The van der Waals surface area contributed by atoms with Gasteiger partial charge in [-0.2, -0.15) is 0 Å². The molecule has 3 fully saturated rings. The molecule has 3 atom stereocenters. The Balaban J connectivity index is 1.33. The van der Waals surface area contributed by atoms with Crippen LogP contribution in [0.5, 0.6) is 0 Å². The molecule has 2 heterocycles. The summed E-state index contributed by atoms with van der Waals surface area (Å²) in [5.41, 5.74) is 2.36. The quantitative estimate of drug-likeness (QED) is 0.737. The molecule has 0 spiro atoms. The maximum Gasteiger partial charge on any atom is 0.254 e. The molecule has 33 heavy (non-hydrogen) atoms. The second-order valence-electron chi connectivity index (χ2n) is 9.21. The first kappa shape index (κ1) is 21.7. The Morgan fingerprint density at radius 1 is 1.06 bits per heavy atom. The minimum Gasteiger partial charge on any atom is -0.394 e. The summed E-state index contributed by atoms with van der Waals surface area (Å²) in [6.07, 6.45) is 4.90. The second-order valence-corrected chi connectivity index (χ2v) is 9.21. The van der Waals surface area contributed by atoms with E-state index >= 15 is 0 Å². The summed E-state index contributed by atoms with van der Waals surface area (Å²) < 4.78 is 13.2. The number of amides is 2. The third-order valence-electron chi connectivity index (χ3n) is 7.20. The molecule has 0 aromatic heterocycles. The van der Waals surface area contributed by atoms with Crippen LogP contribution < -0.4 is 0 Å². The van der Waals surface area contributed by atoms with Gasteiger partial charge in [0.05, 0.1) is 18.7 Å². The summed E-state index contributed by atoms with van der Waals surface area (Å²) >= 11 is 0. The molecule has 2 saturated heterocycles. The molecular weight excluding hydrogens is 419 g/mol. The third kappa shape index (κ3) is 4.14. The molecule has 1 saturated carbocycles. The standard InChI is InChI=1S/C27H27FN2O3/c28-22-13-11-21(12-14-22)27(33)29-15-23-26(24(17-31)30(23)25(32)16-29)20-9-7-19(8-10-20)6-5-18-3-1-2-4-18/h7-14,18,23-24,26,31H,1-4,15-17H2/t23-,24+,26-/m1/s1. The van der Waals surface area contributed by atoms with Crippen LogP contribution in [-0.4, -0.2) is 58.5 Å². The van der Waals surface area contributed by atoms with E-state index in [9.17, 15) is 19.1 Å². The number of aliphatic hydroxyl groups excluding tert-OH is 1. The number of nitrogens with zero attached hydrogens (tertiary/aromatic N) is 2. The predicted molar refractivity (Wildman–Crippen MR) is 122 cm³/mol. The van der Waals surface area contributed by atoms with Crippen LogP contribution in [0.15, 0.2) is 48.5 Å². The number of hydrogen-bond donors (Lipinski definition) is 1. The number of carbonyl (C=O) groups excluding carboxylic acids is 2.